The Hall–Kier alpha value is -2.90. The highest BCUT2D eigenvalue weighted by Crippen LogP contribution is 2.22. The van der Waals surface area contributed by atoms with Gasteiger partial charge in [0.05, 0.1) is 4.92 Å². The summed E-state index contributed by atoms with van der Waals surface area (Å²) in [6, 6.07) is 3.73. The average molecular weight is 265 g/mol. The number of hydrogen-bond acceptors (Lipinski definition) is 4. The number of nitrogens with one attached hydrogen (secondary N) is 2. The van der Waals surface area contributed by atoms with Gasteiger partial charge in [-0.3, -0.25) is 14.9 Å². The Kier molecular flexibility index (Phi) is 4.58. The molecule has 0 heterocycles. The molecule has 3 N–H and O–H groups in total. The molecule has 0 bridgehead atoms. The van der Waals surface area contributed by atoms with E-state index in [0.29, 0.717) is 0 Å². The molecule has 19 heavy (non-hydrogen) atoms. The van der Waals surface area contributed by atoms with Gasteiger partial charge >= 0.3 is 6.09 Å². The summed E-state index contributed by atoms with van der Waals surface area (Å²) in [5.41, 5.74) is 0.370. The molecule has 0 spiro atoms. The molecule has 2 amide bonds. The Bertz CT molecular complexity index is 541. The van der Waals surface area contributed by atoms with Gasteiger partial charge in [-0.15, -0.1) is 0 Å². The van der Waals surface area contributed by atoms with Gasteiger partial charge in [-0.2, -0.15) is 0 Å². The third-order valence-corrected chi connectivity index (χ3v) is 2.17. The van der Waals surface area contributed by atoms with Crippen LogP contribution in [0.25, 0.3) is 0 Å². The summed E-state index contributed by atoms with van der Waals surface area (Å²) >= 11 is 0. The monoisotopic (exact) mass is 265 g/mol. The van der Waals surface area contributed by atoms with Crippen molar-refractivity contribution in [3.05, 3.63) is 46.5 Å². The van der Waals surface area contributed by atoms with Crippen LogP contribution in [-0.2, 0) is 11.3 Å². The first-order chi connectivity index (χ1) is 8.93. The minimum atomic E-state index is -1.27. The normalized spacial score (nSPS) is 9.47. The zero-order valence-corrected chi connectivity index (χ0v) is 9.75. The van der Waals surface area contributed by atoms with E-state index in [2.05, 4.69) is 17.2 Å². The molecule has 0 aromatic heterocycles. The van der Waals surface area contributed by atoms with Crippen molar-refractivity contribution in [2.75, 3.05) is 5.32 Å². The van der Waals surface area contributed by atoms with Crippen LogP contribution in [0.5, 0.6) is 0 Å². The fraction of sp³-hybridized carbons (Fsp3) is 0.0909. The zero-order chi connectivity index (χ0) is 14.4. The predicted molar refractivity (Wildman–Crippen MR) is 66.8 cm³/mol. The van der Waals surface area contributed by atoms with Crippen molar-refractivity contribution in [1.82, 2.24) is 5.32 Å². The highest BCUT2D eigenvalue weighted by Gasteiger charge is 2.12. The maximum Gasteiger partial charge on any atom is 0.404 e. The van der Waals surface area contributed by atoms with Crippen LogP contribution in [0.1, 0.15) is 5.56 Å². The highest BCUT2D eigenvalue weighted by molar-refractivity contribution is 5.99. The van der Waals surface area contributed by atoms with Gasteiger partial charge < -0.3 is 15.7 Å². The molecular formula is C11H11N3O5. The molecular weight excluding hydrogens is 254 g/mol. The molecule has 8 nitrogen and oxygen atoms in total. The number of carbonyl (C=O) groups is 2. The Morgan fingerprint density at radius 2 is 2.16 bits per heavy atom. The summed E-state index contributed by atoms with van der Waals surface area (Å²) < 4.78 is 0. The van der Waals surface area contributed by atoms with Crippen molar-refractivity contribution >= 4 is 23.4 Å². The average Bonchev–Trinajstić information content (AvgIpc) is 2.36. The van der Waals surface area contributed by atoms with E-state index >= 15 is 0 Å². The van der Waals surface area contributed by atoms with Crippen LogP contribution in [0.2, 0.25) is 0 Å². The summed E-state index contributed by atoms with van der Waals surface area (Å²) in [6.07, 6.45) is -0.233. The predicted octanol–water partition coefficient (Wildman–Crippen LogP) is 1.49. The number of rotatable bonds is 5. The van der Waals surface area contributed by atoms with Crippen LogP contribution in [0.15, 0.2) is 30.9 Å². The van der Waals surface area contributed by atoms with Crippen molar-refractivity contribution in [2.24, 2.45) is 0 Å². The molecule has 8 heteroatoms. The summed E-state index contributed by atoms with van der Waals surface area (Å²) in [6.45, 7) is 3.11. The van der Waals surface area contributed by atoms with Gasteiger partial charge in [-0.1, -0.05) is 6.58 Å². The van der Waals surface area contributed by atoms with Crippen LogP contribution in [-0.4, -0.2) is 22.0 Å². The number of carbonyl (C=O) groups excluding carboxylic acids is 1. The number of carboxylic acid groups (broad SMARTS) is 1. The molecule has 1 rings (SSSR count). The lowest BCUT2D eigenvalue weighted by atomic mass is 10.1. The van der Waals surface area contributed by atoms with Crippen molar-refractivity contribution in [2.45, 2.75) is 6.54 Å². The van der Waals surface area contributed by atoms with Crippen LogP contribution in [0.3, 0.4) is 0 Å². The number of benzene rings is 1. The lowest BCUT2D eigenvalue weighted by Gasteiger charge is -2.09. The highest BCUT2D eigenvalue weighted by atomic mass is 16.6. The molecule has 0 radical (unpaired) electrons. The van der Waals surface area contributed by atoms with Crippen LogP contribution in [0.4, 0.5) is 16.2 Å². The fourth-order valence-corrected chi connectivity index (χ4v) is 1.32. The van der Waals surface area contributed by atoms with E-state index in [1.807, 2.05) is 0 Å². The van der Waals surface area contributed by atoms with Gasteiger partial charge in [-0.05, 0) is 12.1 Å². The number of amides is 2. The molecule has 0 aliphatic heterocycles. The number of nitro benzene ring substituents is 1. The third kappa shape index (κ3) is 4.11. The Labute approximate surface area is 107 Å². The number of non-ortho nitro benzene ring substituents is 1. The first-order valence-electron chi connectivity index (χ1n) is 5.11. The molecule has 100 valence electrons. The SMILES string of the molecule is C=CC(=O)Nc1ccc([N+](=O)[O-])cc1CNC(=O)O. The van der Waals surface area contributed by atoms with E-state index in [1.54, 1.807) is 0 Å². The number of nitro groups is 1. The first-order valence-corrected chi connectivity index (χ1v) is 5.11. The largest absolute Gasteiger partial charge is 0.465 e. The Morgan fingerprint density at radius 1 is 1.47 bits per heavy atom. The molecule has 0 aliphatic carbocycles. The van der Waals surface area contributed by atoms with Crippen molar-refractivity contribution in [3.8, 4) is 0 Å². The maximum atomic E-state index is 11.2. The minimum Gasteiger partial charge on any atom is -0.465 e. The van der Waals surface area contributed by atoms with Crippen LogP contribution in [0, 0.1) is 10.1 Å². The van der Waals surface area contributed by atoms with E-state index in [9.17, 15) is 19.7 Å². The number of anilines is 1. The smallest absolute Gasteiger partial charge is 0.404 e. The molecule has 0 atom stereocenters. The van der Waals surface area contributed by atoms with E-state index in [-0.39, 0.29) is 23.5 Å². The van der Waals surface area contributed by atoms with Gasteiger partial charge in [0.15, 0.2) is 0 Å². The number of nitrogens with zero attached hydrogens (tertiary/aromatic N) is 1. The summed E-state index contributed by atoms with van der Waals surface area (Å²) in [5, 5.41) is 23.7. The third-order valence-electron chi connectivity index (χ3n) is 2.17. The van der Waals surface area contributed by atoms with Gasteiger partial charge in [0, 0.05) is 29.9 Å². The van der Waals surface area contributed by atoms with E-state index in [4.69, 9.17) is 5.11 Å². The van der Waals surface area contributed by atoms with Crippen molar-refractivity contribution in [3.63, 3.8) is 0 Å². The molecule has 1 aromatic rings. The summed E-state index contributed by atoms with van der Waals surface area (Å²) in [4.78, 5) is 31.7. The number of hydrogen-bond donors (Lipinski definition) is 3. The zero-order valence-electron chi connectivity index (χ0n) is 9.75. The summed E-state index contributed by atoms with van der Waals surface area (Å²) in [5.74, 6) is -0.495. The molecule has 0 aliphatic rings. The van der Waals surface area contributed by atoms with Crippen LogP contribution >= 0.6 is 0 Å². The first kappa shape index (κ1) is 14.2. The van der Waals surface area contributed by atoms with E-state index < -0.39 is 16.9 Å². The second-order valence-electron chi connectivity index (χ2n) is 3.45. The second-order valence-corrected chi connectivity index (χ2v) is 3.45. The molecule has 0 fully saturated rings. The molecule has 0 saturated carbocycles. The fourth-order valence-electron chi connectivity index (χ4n) is 1.32. The van der Waals surface area contributed by atoms with Crippen molar-refractivity contribution < 1.29 is 19.6 Å². The Balaban J connectivity index is 3.06. The van der Waals surface area contributed by atoms with Gasteiger partial charge in [0.25, 0.3) is 5.69 Å². The van der Waals surface area contributed by atoms with E-state index in [1.165, 1.54) is 18.2 Å². The standard InChI is InChI=1S/C11H11N3O5/c1-2-10(15)13-9-4-3-8(14(18)19)5-7(9)6-12-11(16)17/h2-5,12H,1,6H2,(H,13,15)(H,16,17). The van der Waals surface area contributed by atoms with Crippen molar-refractivity contribution in [1.29, 1.82) is 0 Å². The van der Waals surface area contributed by atoms with Crippen LogP contribution < -0.4 is 10.6 Å². The molecule has 0 unspecified atom stereocenters. The van der Waals surface area contributed by atoms with Gasteiger partial charge in [0.1, 0.15) is 0 Å². The van der Waals surface area contributed by atoms with Gasteiger partial charge in [-0.25, -0.2) is 4.79 Å². The minimum absolute atomic E-state index is 0.163. The van der Waals surface area contributed by atoms with E-state index in [0.717, 1.165) is 6.08 Å². The molecule has 0 saturated heterocycles. The molecule has 1 aromatic carbocycles. The Morgan fingerprint density at radius 3 is 2.68 bits per heavy atom. The topological polar surface area (TPSA) is 122 Å². The lowest BCUT2D eigenvalue weighted by Crippen LogP contribution is -2.21. The lowest BCUT2D eigenvalue weighted by molar-refractivity contribution is -0.384. The summed E-state index contributed by atoms with van der Waals surface area (Å²) in [7, 11) is 0. The maximum absolute atomic E-state index is 11.2. The second kappa shape index (κ2) is 6.15. The van der Waals surface area contributed by atoms with Gasteiger partial charge in [0.2, 0.25) is 5.91 Å². The quantitative estimate of drug-likeness (QED) is 0.423.